The third-order valence-corrected chi connectivity index (χ3v) is 5.30. The highest BCUT2D eigenvalue weighted by Gasteiger charge is 2.56. The number of ether oxygens (including phenoxy) is 1. The second-order valence-corrected chi connectivity index (χ2v) is 9.38. The van der Waals surface area contributed by atoms with Crippen LogP contribution in [0.2, 0.25) is 0 Å². The fraction of sp³-hybridized carbons (Fsp3) is 0.889. The molecule has 0 radical (unpaired) electrons. The van der Waals surface area contributed by atoms with Gasteiger partial charge in [0.1, 0.15) is 5.60 Å². The number of nitrogens with zero attached hydrogens (tertiary/aromatic N) is 1. The first-order valence-corrected chi connectivity index (χ1v) is 10.3. The number of carbonyl (C=O) groups is 2. The Kier molecular flexibility index (Phi) is 8.53. The van der Waals surface area contributed by atoms with Crippen molar-refractivity contribution in [1.29, 1.82) is 0 Å². The van der Waals surface area contributed by atoms with Crippen LogP contribution in [0.4, 0.5) is 0 Å². The number of carboxylic acid groups (broad SMARTS) is 1. The summed E-state index contributed by atoms with van der Waals surface area (Å²) in [6.07, 6.45) is 1.80. The van der Waals surface area contributed by atoms with Gasteiger partial charge in [0.25, 0.3) is 0 Å². The van der Waals surface area contributed by atoms with Gasteiger partial charge in [0.15, 0.2) is 6.54 Å². The molecule has 1 saturated heterocycles. The van der Waals surface area contributed by atoms with Crippen molar-refractivity contribution in [2.24, 2.45) is 5.92 Å². The van der Waals surface area contributed by atoms with Crippen LogP contribution in [0.15, 0.2) is 0 Å². The van der Waals surface area contributed by atoms with E-state index in [9.17, 15) is 19.6 Å². The first kappa shape index (κ1) is 22.9. The van der Waals surface area contributed by atoms with Crippen molar-refractivity contribution in [3.63, 3.8) is 0 Å². The van der Waals surface area contributed by atoms with Crippen molar-refractivity contribution in [2.45, 2.75) is 71.1 Å². The molecule has 0 unspecified atom stereocenters. The summed E-state index contributed by atoms with van der Waals surface area (Å²) in [6.45, 7) is 10.1. The number of nitroso groups, excluding NO2 is 1. The Morgan fingerprint density at radius 3 is 2.46 bits per heavy atom. The molecule has 0 spiro atoms. The molecule has 1 aliphatic heterocycles. The molecule has 8 heteroatoms. The van der Waals surface area contributed by atoms with Crippen LogP contribution in [-0.2, 0) is 14.3 Å². The molecule has 2 N–H and O–H groups in total. The topological polar surface area (TPSA) is 95.7 Å². The van der Waals surface area contributed by atoms with Gasteiger partial charge >= 0.3 is 17.5 Å². The van der Waals surface area contributed by atoms with Crippen LogP contribution in [0.25, 0.3) is 0 Å². The van der Waals surface area contributed by atoms with Crippen LogP contribution >= 0.6 is 11.8 Å². The number of hydrogen-bond donors (Lipinski definition) is 2. The van der Waals surface area contributed by atoms with Gasteiger partial charge in [0, 0.05) is 34.3 Å². The van der Waals surface area contributed by atoms with E-state index in [0.717, 1.165) is 6.42 Å². The first-order valence-electron chi connectivity index (χ1n) is 9.17. The molecule has 2 atom stereocenters. The average Bonchev–Trinajstić information content (AvgIpc) is 2.84. The predicted molar refractivity (Wildman–Crippen MR) is 103 cm³/mol. The molecule has 150 valence electrons. The highest BCUT2D eigenvalue weighted by Crippen LogP contribution is 2.25. The number of carbonyl (C=O) groups excluding carboxylic acids is 1. The van der Waals surface area contributed by atoms with Gasteiger partial charge in [-0.25, -0.2) is 4.79 Å². The van der Waals surface area contributed by atoms with E-state index in [4.69, 9.17) is 4.74 Å². The zero-order valence-corrected chi connectivity index (χ0v) is 17.4. The van der Waals surface area contributed by atoms with Crippen LogP contribution in [0.1, 0.15) is 53.9 Å². The largest absolute Gasteiger partial charge is 0.476 e. The highest BCUT2D eigenvalue weighted by atomic mass is 32.2. The SMILES string of the molecule is CC(C)C[C@@H](CSCC(=O)OC(C)(C)C)NC[C@]1(C(=O)O)CCC[N+]1=O. The molecular formula is C18H33N2O5S+. The summed E-state index contributed by atoms with van der Waals surface area (Å²) in [5.74, 6) is 0.0101. The molecule has 7 nitrogen and oxygen atoms in total. The first-order chi connectivity index (χ1) is 12.0. The molecule has 1 heterocycles. The summed E-state index contributed by atoms with van der Waals surface area (Å²) in [4.78, 5) is 35.5. The van der Waals surface area contributed by atoms with E-state index >= 15 is 0 Å². The number of esters is 1. The van der Waals surface area contributed by atoms with Crippen LogP contribution in [-0.4, -0.2) is 63.6 Å². The van der Waals surface area contributed by atoms with Crippen LogP contribution in [0.3, 0.4) is 0 Å². The Bertz CT molecular complexity index is 518. The van der Waals surface area contributed by atoms with Crippen molar-refractivity contribution in [3.05, 3.63) is 4.91 Å². The number of hydrogen-bond acceptors (Lipinski definition) is 6. The number of carboxylic acids is 1. The van der Waals surface area contributed by atoms with Gasteiger partial charge < -0.3 is 15.2 Å². The fourth-order valence-electron chi connectivity index (χ4n) is 3.07. The molecule has 26 heavy (non-hydrogen) atoms. The summed E-state index contributed by atoms with van der Waals surface area (Å²) in [5.41, 5.74) is -1.87. The Labute approximate surface area is 160 Å². The van der Waals surface area contributed by atoms with Crippen molar-refractivity contribution < 1.29 is 24.2 Å². The van der Waals surface area contributed by atoms with Gasteiger partial charge in [0.05, 0.1) is 12.3 Å². The third kappa shape index (κ3) is 7.23. The number of aliphatic carboxylic acids is 1. The monoisotopic (exact) mass is 389 g/mol. The van der Waals surface area contributed by atoms with E-state index in [-0.39, 0.29) is 30.9 Å². The fourth-order valence-corrected chi connectivity index (χ4v) is 3.95. The summed E-state index contributed by atoms with van der Waals surface area (Å²) < 4.78 is 5.99. The van der Waals surface area contributed by atoms with Crippen LogP contribution < -0.4 is 5.32 Å². The number of thioether (sulfide) groups is 1. The summed E-state index contributed by atoms with van der Waals surface area (Å²) in [5, 5.41) is 12.8. The molecule has 0 bridgehead atoms. The van der Waals surface area contributed by atoms with E-state index in [1.165, 1.54) is 11.8 Å². The Balaban J connectivity index is 2.57. The standard InChI is InChI=1S/C18H32N2O5S/c1-13(2)9-14(10-26-11-15(21)25-17(3,4)5)19-12-18(16(22)23)7-6-8-20(18)24/h13-14,19H,6-12H2,1-5H3/p+1/t14-,18-/m0/s1. The van der Waals surface area contributed by atoms with Crippen molar-refractivity contribution in [3.8, 4) is 0 Å². The third-order valence-electron chi connectivity index (χ3n) is 4.23. The van der Waals surface area contributed by atoms with Crippen molar-refractivity contribution in [2.75, 3.05) is 24.6 Å². The molecule has 1 aliphatic rings. The maximum Gasteiger partial charge on any atom is 0.382 e. The van der Waals surface area contributed by atoms with E-state index in [0.29, 0.717) is 29.3 Å². The smallest absolute Gasteiger partial charge is 0.382 e. The summed E-state index contributed by atoms with van der Waals surface area (Å²) in [6, 6.07) is 0.0349. The highest BCUT2D eigenvalue weighted by molar-refractivity contribution is 7.99. The molecule has 1 rings (SSSR count). The Morgan fingerprint density at radius 2 is 2.00 bits per heavy atom. The summed E-state index contributed by atoms with van der Waals surface area (Å²) >= 11 is 1.47. The maximum absolute atomic E-state index is 12.0. The molecular weight excluding hydrogens is 356 g/mol. The number of rotatable bonds is 10. The second-order valence-electron chi connectivity index (χ2n) is 8.35. The molecule has 0 aliphatic carbocycles. The zero-order valence-electron chi connectivity index (χ0n) is 16.5. The lowest BCUT2D eigenvalue weighted by Crippen LogP contribution is -2.54. The molecule has 0 amide bonds. The number of nitrogens with one attached hydrogen (secondary N) is 1. The zero-order chi connectivity index (χ0) is 20.0. The van der Waals surface area contributed by atoms with Crippen molar-refractivity contribution >= 4 is 23.7 Å². The minimum atomic E-state index is -1.37. The average molecular weight is 390 g/mol. The molecule has 0 saturated carbocycles. The van der Waals surface area contributed by atoms with E-state index < -0.39 is 17.1 Å². The summed E-state index contributed by atoms with van der Waals surface area (Å²) in [7, 11) is 0. The van der Waals surface area contributed by atoms with Crippen LogP contribution in [0.5, 0.6) is 0 Å². The van der Waals surface area contributed by atoms with E-state index in [2.05, 4.69) is 19.2 Å². The lowest BCUT2D eigenvalue weighted by Gasteiger charge is -2.24. The normalized spacial score (nSPS) is 21.8. The quantitative estimate of drug-likeness (QED) is 0.438. The lowest BCUT2D eigenvalue weighted by atomic mass is 9.96. The molecule has 0 aromatic carbocycles. The molecule has 0 aromatic rings. The Hall–Kier alpha value is -1.15. The van der Waals surface area contributed by atoms with Gasteiger partial charge in [-0.3, -0.25) is 4.79 Å². The second kappa shape index (κ2) is 9.69. The van der Waals surface area contributed by atoms with E-state index in [1.807, 2.05) is 20.8 Å². The predicted octanol–water partition coefficient (Wildman–Crippen LogP) is 2.46. The molecule has 1 fully saturated rings. The minimum absolute atomic E-state index is 0.0349. The van der Waals surface area contributed by atoms with Gasteiger partial charge in [-0.15, -0.1) is 11.8 Å². The van der Waals surface area contributed by atoms with Gasteiger partial charge in [-0.2, -0.15) is 0 Å². The van der Waals surface area contributed by atoms with Gasteiger partial charge in [-0.1, -0.05) is 13.8 Å². The van der Waals surface area contributed by atoms with Crippen LogP contribution in [0, 0.1) is 10.8 Å². The van der Waals surface area contributed by atoms with Gasteiger partial charge in [0.2, 0.25) is 0 Å². The van der Waals surface area contributed by atoms with Crippen molar-refractivity contribution in [1.82, 2.24) is 5.32 Å². The Morgan fingerprint density at radius 1 is 1.35 bits per heavy atom. The maximum atomic E-state index is 12.0. The van der Waals surface area contributed by atoms with E-state index in [1.54, 1.807) is 0 Å². The lowest BCUT2D eigenvalue weighted by molar-refractivity contribution is -0.590. The minimum Gasteiger partial charge on any atom is -0.476 e. The molecule has 0 aromatic heterocycles. The van der Waals surface area contributed by atoms with Gasteiger partial charge in [-0.05, 0) is 33.1 Å².